The van der Waals surface area contributed by atoms with Crippen molar-refractivity contribution in [3.63, 3.8) is 0 Å². The molecule has 0 spiro atoms. The second kappa shape index (κ2) is 5.25. The molecule has 3 rings (SSSR count). The van der Waals surface area contributed by atoms with Crippen LogP contribution in [0.15, 0.2) is 28.8 Å². The molecule has 1 aliphatic rings. The molecule has 0 aromatic carbocycles. The Morgan fingerprint density at radius 2 is 2.35 bits per heavy atom. The van der Waals surface area contributed by atoms with Crippen LogP contribution >= 0.6 is 11.6 Å². The fourth-order valence-corrected chi connectivity index (χ4v) is 2.68. The molecule has 1 unspecified atom stereocenters. The zero-order valence-electron chi connectivity index (χ0n) is 11.0. The van der Waals surface area contributed by atoms with Gasteiger partial charge in [-0.25, -0.2) is 4.98 Å². The minimum Gasteiger partial charge on any atom is -0.359 e. The molecule has 6 heteroatoms. The number of aryl methyl sites for hydroxylation is 1. The lowest BCUT2D eigenvalue weighted by atomic mass is 10.1. The van der Waals surface area contributed by atoms with E-state index < -0.39 is 0 Å². The zero-order valence-corrected chi connectivity index (χ0v) is 11.8. The number of amides is 1. The van der Waals surface area contributed by atoms with Crippen LogP contribution in [0.4, 0.5) is 0 Å². The van der Waals surface area contributed by atoms with Gasteiger partial charge in [0, 0.05) is 12.6 Å². The lowest BCUT2D eigenvalue weighted by molar-refractivity contribution is 0.0708. The Bertz CT molecular complexity index is 641. The quantitative estimate of drug-likeness (QED) is 0.798. The molecule has 0 aliphatic carbocycles. The van der Waals surface area contributed by atoms with Gasteiger partial charge >= 0.3 is 0 Å². The van der Waals surface area contributed by atoms with Gasteiger partial charge in [0.1, 0.15) is 10.8 Å². The molecule has 1 fully saturated rings. The number of aromatic nitrogens is 2. The van der Waals surface area contributed by atoms with E-state index in [1.165, 1.54) is 0 Å². The highest BCUT2D eigenvalue weighted by molar-refractivity contribution is 6.29. The first-order valence-electron chi connectivity index (χ1n) is 6.52. The second-order valence-electron chi connectivity index (χ2n) is 4.87. The lowest BCUT2D eigenvalue weighted by Crippen LogP contribution is -2.31. The number of hydrogen-bond acceptors (Lipinski definition) is 4. The third kappa shape index (κ3) is 2.41. The number of hydrogen-bond donors (Lipinski definition) is 0. The van der Waals surface area contributed by atoms with Gasteiger partial charge in [-0.2, -0.15) is 0 Å². The molecule has 5 nitrogen and oxygen atoms in total. The Balaban J connectivity index is 1.87. The van der Waals surface area contributed by atoms with Crippen LogP contribution in [0.25, 0.3) is 0 Å². The number of likely N-dealkylation sites (tertiary alicyclic amines) is 1. The Morgan fingerprint density at radius 3 is 3.05 bits per heavy atom. The van der Waals surface area contributed by atoms with Gasteiger partial charge in [-0.3, -0.25) is 4.79 Å². The summed E-state index contributed by atoms with van der Waals surface area (Å²) < 4.78 is 5.30. The smallest absolute Gasteiger partial charge is 0.273 e. The molecule has 1 saturated heterocycles. The van der Waals surface area contributed by atoms with E-state index in [0.29, 0.717) is 17.4 Å². The largest absolute Gasteiger partial charge is 0.359 e. The predicted octanol–water partition coefficient (Wildman–Crippen LogP) is 3.01. The first kappa shape index (κ1) is 13.1. The van der Waals surface area contributed by atoms with E-state index in [0.717, 1.165) is 24.3 Å². The summed E-state index contributed by atoms with van der Waals surface area (Å²) in [7, 11) is 0. The Kier molecular flexibility index (Phi) is 3.44. The number of nitrogens with zero attached hydrogens (tertiary/aromatic N) is 3. The summed E-state index contributed by atoms with van der Waals surface area (Å²) in [6.07, 6.45) is 1.82. The molecule has 3 heterocycles. The van der Waals surface area contributed by atoms with Crippen LogP contribution in [0.5, 0.6) is 0 Å². The highest BCUT2D eigenvalue weighted by atomic mass is 35.5. The van der Waals surface area contributed by atoms with E-state index >= 15 is 0 Å². The average molecular weight is 292 g/mol. The summed E-state index contributed by atoms with van der Waals surface area (Å²) in [4.78, 5) is 18.4. The van der Waals surface area contributed by atoms with Gasteiger partial charge in [0.05, 0.1) is 11.7 Å². The van der Waals surface area contributed by atoms with Crippen molar-refractivity contribution in [1.29, 1.82) is 0 Å². The highest BCUT2D eigenvalue weighted by Crippen LogP contribution is 2.33. The van der Waals surface area contributed by atoms with Crippen LogP contribution in [0.3, 0.4) is 0 Å². The molecule has 0 N–H and O–H groups in total. The van der Waals surface area contributed by atoms with Gasteiger partial charge in [0.2, 0.25) is 0 Å². The molecule has 2 aromatic heterocycles. The van der Waals surface area contributed by atoms with Gasteiger partial charge in [-0.15, -0.1) is 0 Å². The van der Waals surface area contributed by atoms with Crippen molar-refractivity contribution >= 4 is 17.5 Å². The minimum atomic E-state index is -0.121. The minimum absolute atomic E-state index is 0.0653. The zero-order chi connectivity index (χ0) is 14.1. The van der Waals surface area contributed by atoms with E-state index in [4.69, 9.17) is 16.1 Å². The molecule has 0 saturated carbocycles. The van der Waals surface area contributed by atoms with Crippen molar-refractivity contribution in [1.82, 2.24) is 15.0 Å². The molecular formula is C14H14ClN3O2. The number of rotatable bonds is 2. The number of carbonyl (C=O) groups is 1. The van der Waals surface area contributed by atoms with E-state index in [-0.39, 0.29) is 11.9 Å². The topological polar surface area (TPSA) is 59.2 Å². The van der Waals surface area contributed by atoms with Gasteiger partial charge in [0.25, 0.3) is 5.91 Å². The van der Waals surface area contributed by atoms with Crippen molar-refractivity contribution in [2.75, 3.05) is 6.54 Å². The summed E-state index contributed by atoms with van der Waals surface area (Å²) >= 11 is 5.84. The van der Waals surface area contributed by atoms with Crippen LogP contribution in [0.2, 0.25) is 5.15 Å². The molecule has 0 radical (unpaired) electrons. The summed E-state index contributed by atoms with van der Waals surface area (Å²) in [6, 6.07) is 6.87. The van der Waals surface area contributed by atoms with E-state index in [2.05, 4.69) is 10.1 Å². The SMILES string of the molecule is Cc1cc(C2CCCN2C(=O)c2cccc(Cl)n2)on1. The molecule has 2 aromatic rings. The Hall–Kier alpha value is -1.88. The Morgan fingerprint density at radius 1 is 1.50 bits per heavy atom. The van der Waals surface area contributed by atoms with Crippen LogP contribution in [0, 0.1) is 6.92 Å². The number of carbonyl (C=O) groups excluding carboxylic acids is 1. The molecule has 1 aliphatic heterocycles. The van der Waals surface area contributed by atoms with Gasteiger partial charge in [-0.1, -0.05) is 22.8 Å². The van der Waals surface area contributed by atoms with Crippen molar-refractivity contribution in [3.8, 4) is 0 Å². The van der Waals surface area contributed by atoms with Gasteiger partial charge < -0.3 is 9.42 Å². The normalized spacial score (nSPS) is 18.5. The molecular weight excluding hydrogens is 278 g/mol. The standard InChI is InChI=1S/C14H14ClN3O2/c1-9-8-12(20-17-9)11-5-3-7-18(11)14(19)10-4-2-6-13(15)16-10/h2,4,6,8,11H,3,5,7H2,1H3. The second-order valence-corrected chi connectivity index (χ2v) is 5.26. The van der Waals surface area contributed by atoms with Gasteiger partial charge in [0.15, 0.2) is 5.76 Å². The van der Waals surface area contributed by atoms with Crippen LogP contribution < -0.4 is 0 Å². The van der Waals surface area contributed by atoms with E-state index in [9.17, 15) is 4.79 Å². The fraction of sp³-hybridized carbons (Fsp3) is 0.357. The summed E-state index contributed by atoms with van der Waals surface area (Å²) in [5, 5.41) is 4.21. The van der Waals surface area contributed by atoms with Crippen molar-refractivity contribution in [3.05, 3.63) is 46.6 Å². The fourth-order valence-electron chi connectivity index (χ4n) is 2.52. The Labute approximate surface area is 121 Å². The van der Waals surface area contributed by atoms with Crippen molar-refractivity contribution in [2.45, 2.75) is 25.8 Å². The molecule has 104 valence electrons. The van der Waals surface area contributed by atoms with Crippen LogP contribution in [-0.2, 0) is 0 Å². The van der Waals surface area contributed by atoms with E-state index in [1.54, 1.807) is 23.1 Å². The lowest BCUT2D eigenvalue weighted by Gasteiger charge is -2.22. The first-order chi connectivity index (χ1) is 9.65. The maximum Gasteiger partial charge on any atom is 0.273 e. The summed E-state index contributed by atoms with van der Waals surface area (Å²) in [5.41, 5.74) is 1.18. The summed E-state index contributed by atoms with van der Waals surface area (Å²) in [6.45, 7) is 2.56. The molecule has 1 atom stereocenters. The number of pyridine rings is 1. The molecule has 20 heavy (non-hydrogen) atoms. The van der Waals surface area contributed by atoms with Gasteiger partial charge in [-0.05, 0) is 31.9 Å². The van der Waals surface area contributed by atoms with Crippen LogP contribution in [0.1, 0.15) is 40.8 Å². The first-order valence-corrected chi connectivity index (χ1v) is 6.89. The van der Waals surface area contributed by atoms with Crippen molar-refractivity contribution < 1.29 is 9.32 Å². The molecule has 1 amide bonds. The monoisotopic (exact) mass is 291 g/mol. The summed E-state index contributed by atoms with van der Waals surface area (Å²) in [5.74, 6) is 0.611. The highest BCUT2D eigenvalue weighted by Gasteiger charge is 2.33. The maximum atomic E-state index is 12.5. The van der Waals surface area contributed by atoms with E-state index in [1.807, 2.05) is 13.0 Å². The molecule has 0 bridgehead atoms. The third-order valence-corrected chi connectivity index (χ3v) is 3.63. The predicted molar refractivity (Wildman–Crippen MR) is 73.5 cm³/mol. The van der Waals surface area contributed by atoms with Crippen LogP contribution in [-0.4, -0.2) is 27.5 Å². The van der Waals surface area contributed by atoms with Crippen molar-refractivity contribution in [2.24, 2.45) is 0 Å². The average Bonchev–Trinajstić information content (AvgIpc) is 3.06. The number of halogens is 1. The third-order valence-electron chi connectivity index (χ3n) is 3.42. The maximum absolute atomic E-state index is 12.5.